The van der Waals surface area contributed by atoms with Crippen LogP contribution in [0, 0.1) is 6.92 Å². The lowest BCUT2D eigenvalue weighted by Gasteiger charge is -2.28. The summed E-state index contributed by atoms with van der Waals surface area (Å²) in [6.45, 7) is 12.4. The number of amidine groups is 1. The van der Waals surface area contributed by atoms with Crippen LogP contribution in [0.5, 0.6) is 0 Å². The molecule has 6 rings (SSSR count). The van der Waals surface area contributed by atoms with Gasteiger partial charge in [0, 0.05) is 41.2 Å². The second kappa shape index (κ2) is 13.3. The highest BCUT2D eigenvalue weighted by molar-refractivity contribution is 6.12. The van der Waals surface area contributed by atoms with Crippen molar-refractivity contribution < 1.29 is 0 Å². The maximum absolute atomic E-state index is 4.96. The number of allylic oxidation sites excluding steroid dienone is 2. The Morgan fingerprint density at radius 2 is 1.56 bits per heavy atom. The van der Waals surface area contributed by atoms with Crippen LogP contribution in [0.3, 0.4) is 0 Å². The molecule has 6 heteroatoms. The first-order valence-corrected chi connectivity index (χ1v) is 15.2. The van der Waals surface area contributed by atoms with E-state index in [1.165, 1.54) is 16.8 Å². The predicted octanol–water partition coefficient (Wildman–Crippen LogP) is 8.40. The highest BCUT2D eigenvalue weighted by atomic mass is 15.4. The summed E-state index contributed by atoms with van der Waals surface area (Å²) in [5.74, 6) is 0.598. The average molecular weight is 589 g/mol. The van der Waals surface area contributed by atoms with Crippen LogP contribution in [0.4, 0.5) is 0 Å². The van der Waals surface area contributed by atoms with Crippen molar-refractivity contribution in [2.45, 2.75) is 20.8 Å². The summed E-state index contributed by atoms with van der Waals surface area (Å²) in [5.41, 5.74) is 10.8. The minimum Gasteiger partial charge on any atom is -0.368 e. The molecule has 0 unspecified atom stereocenters. The summed E-state index contributed by atoms with van der Waals surface area (Å²) in [6.07, 6.45) is 8.48. The van der Waals surface area contributed by atoms with E-state index >= 15 is 0 Å². The average Bonchev–Trinajstić information content (AvgIpc) is 3.59. The fourth-order valence-electron chi connectivity index (χ4n) is 5.33. The molecule has 0 aliphatic carbocycles. The molecule has 0 fully saturated rings. The summed E-state index contributed by atoms with van der Waals surface area (Å²) in [6, 6.07) is 34.6. The Bertz CT molecular complexity index is 1930. The SMILES string of the molecule is C=C(N=C(N=C(C)c1ccccc1)c1ccc(-c2cn(-c3ccc(C)c(C4=CC=CCN4CC)c3)nn2)cc1)c1ccccc1. The van der Waals surface area contributed by atoms with Crippen LogP contribution in [0.2, 0.25) is 0 Å². The highest BCUT2D eigenvalue weighted by Gasteiger charge is 2.15. The largest absolute Gasteiger partial charge is 0.368 e. The van der Waals surface area contributed by atoms with Crippen molar-refractivity contribution in [3.8, 4) is 16.9 Å². The third-order valence-corrected chi connectivity index (χ3v) is 7.95. The Kier molecular flexibility index (Phi) is 8.74. The van der Waals surface area contributed by atoms with Crippen LogP contribution in [-0.2, 0) is 0 Å². The molecule has 0 bridgehead atoms. The van der Waals surface area contributed by atoms with Crippen molar-refractivity contribution in [1.29, 1.82) is 0 Å². The van der Waals surface area contributed by atoms with E-state index in [0.717, 1.165) is 52.4 Å². The summed E-state index contributed by atoms with van der Waals surface area (Å²) in [7, 11) is 0. The summed E-state index contributed by atoms with van der Waals surface area (Å²) in [4.78, 5) is 12.2. The lowest BCUT2D eigenvalue weighted by atomic mass is 10.0. The number of nitrogens with zero attached hydrogens (tertiary/aromatic N) is 6. The number of rotatable bonds is 8. The molecule has 4 aromatic carbocycles. The first-order chi connectivity index (χ1) is 22.0. The molecule has 0 saturated heterocycles. The first kappa shape index (κ1) is 29.5. The van der Waals surface area contributed by atoms with Gasteiger partial charge in [-0.15, -0.1) is 5.10 Å². The Hall–Kier alpha value is -5.62. The van der Waals surface area contributed by atoms with Crippen LogP contribution in [0.1, 0.15) is 41.7 Å². The van der Waals surface area contributed by atoms with Gasteiger partial charge in [-0.3, -0.25) is 0 Å². The Labute approximate surface area is 265 Å². The molecule has 222 valence electrons. The molecule has 0 amide bonds. The summed E-state index contributed by atoms with van der Waals surface area (Å²) in [5, 5.41) is 9.00. The van der Waals surface area contributed by atoms with Crippen molar-refractivity contribution in [3.63, 3.8) is 0 Å². The van der Waals surface area contributed by atoms with Crippen molar-refractivity contribution in [2.24, 2.45) is 9.98 Å². The van der Waals surface area contributed by atoms with Crippen LogP contribution in [0.25, 0.3) is 28.3 Å². The van der Waals surface area contributed by atoms with Gasteiger partial charge in [0.05, 0.1) is 17.6 Å². The topological polar surface area (TPSA) is 58.7 Å². The number of aryl methyl sites for hydroxylation is 1. The van der Waals surface area contributed by atoms with Gasteiger partial charge in [-0.05, 0) is 55.7 Å². The molecule has 1 aromatic heterocycles. The number of hydrogen-bond acceptors (Lipinski definition) is 4. The maximum atomic E-state index is 4.96. The van der Waals surface area contributed by atoms with Gasteiger partial charge in [0.2, 0.25) is 0 Å². The molecule has 6 nitrogen and oxygen atoms in total. The molecule has 1 aliphatic heterocycles. The van der Waals surface area contributed by atoms with Gasteiger partial charge in [-0.2, -0.15) is 0 Å². The highest BCUT2D eigenvalue weighted by Crippen LogP contribution is 2.28. The van der Waals surface area contributed by atoms with E-state index in [9.17, 15) is 0 Å². The number of aliphatic imine (C=N–C) groups is 2. The van der Waals surface area contributed by atoms with E-state index in [1.807, 2.05) is 90.6 Å². The van der Waals surface area contributed by atoms with E-state index in [0.29, 0.717) is 11.5 Å². The van der Waals surface area contributed by atoms with Gasteiger partial charge in [-0.1, -0.05) is 115 Å². The smallest absolute Gasteiger partial charge is 0.160 e. The van der Waals surface area contributed by atoms with Crippen molar-refractivity contribution in [2.75, 3.05) is 13.1 Å². The quantitative estimate of drug-likeness (QED) is 0.135. The molecule has 0 spiro atoms. The lowest BCUT2D eigenvalue weighted by molar-refractivity contribution is 0.459. The van der Waals surface area contributed by atoms with Crippen LogP contribution < -0.4 is 0 Å². The minimum absolute atomic E-state index is 0.598. The Morgan fingerprint density at radius 1 is 0.844 bits per heavy atom. The minimum atomic E-state index is 0.598. The number of hydrogen-bond donors (Lipinski definition) is 0. The predicted molar refractivity (Wildman–Crippen MR) is 187 cm³/mol. The van der Waals surface area contributed by atoms with Crippen LogP contribution in [0.15, 0.2) is 144 Å². The van der Waals surface area contributed by atoms with E-state index in [4.69, 9.17) is 9.98 Å². The molecule has 2 heterocycles. The molecule has 45 heavy (non-hydrogen) atoms. The summed E-state index contributed by atoms with van der Waals surface area (Å²) >= 11 is 0. The first-order valence-electron chi connectivity index (χ1n) is 15.2. The molecular formula is C39H36N6. The number of benzene rings is 4. The fraction of sp³-hybridized carbons (Fsp3) is 0.128. The van der Waals surface area contributed by atoms with E-state index in [1.54, 1.807) is 0 Å². The molecule has 5 aromatic rings. The van der Waals surface area contributed by atoms with Crippen molar-refractivity contribution >= 4 is 22.9 Å². The fourth-order valence-corrected chi connectivity index (χ4v) is 5.33. The Balaban J connectivity index is 1.30. The second-order valence-electron chi connectivity index (χ2n) is 11.0. The van der Waals surface area contributed by atoms with Crippen LogP contribution >= 0.6 is 0 Å². The second-order valence-corrected chi connectivity index (χ2v) is 11.0. The van der Waals surface area contributed by atoms with Gasteiger partial charge >= 0.3 is 0 Å². The zero-order valence-electron chi connectivity index (χ0n) is 25.9. The lowest BCUT2D eigenvalue weighted by Crippen LogP contribution is -2.24. The molecular weight excluding hydrogens is 552 g/mol. The van der Waals surface area contributed by atoms with Gasteiger partial charge < -0.3 is 4.90 Å². The molecule has 0 N–H and O–H groups in total. The van der Waals surface area contributed by atoms with Gasteiger partial charge in [0.1, 0.15) is 5.69 Å². The maximum Gasteiger partial charge on any atom is 0.160 e. The molecule has 0 atom stereocenters. The normalized spacial score (nSPS) is 13.6. The molecule has 1 aliphatic rings. The molecule has 0 saturated carbocycles. The van der Waals surface area contributed by atoms with E-state index in [2.05, 4.69) is 84.2 Å². The van der Waals surface area contributed by atoms with E-state index < -0.39 is 0 Å². The Morgan fingerprint density at radius 3 is 2.27 bits per heavy atom. The third-order valence-electron chi connectivity index (χ3n) is 7.95. The van der Waals surface area contributed by atoms with Gasteiger partial charge in [-0.25, -0.2) is 14.7 Å². The van der Waals surface area contributed by atoms with Gasteiger partial charge in [0.15, 0.2) is 5.84 Å². The monoisotopic (exact) mass is 588 g/mol. The standard InChI is InChI=1S/C39H36N6/c1-5-44-25-13-12-18-38(44)36-26-35(24-19-28(36)2)45-27-37(42-43-45)33-20-22-34(23-21-33)39(40-29(3)31-14-8-6-9-15-31)41-30(4)32-16-10-7-11-17-32/h6-24,26-27H,3,5,25H2,1-2,4H3. The zero-order valence-corrected chi connectivity index (χ0v) is 25.9. The zero-order chi connectivity index (χ0) is 31.2. The van der Waals surface area contributed by atoms with Crippen LogP contribution in [-0.4, -0.2) is 44.5 Å². The summed E-state index contributed by atoms with van der Waals surface area (Å²) < 4.78 is 1.84. The van der Waals surface area contributed by atoms with Gasteiger partial charge in [0.25, 0.3) is 0 Å². The third kappa shape index (κ3) is 6.65. The number of likely N-dealkylation sites (N-methyl/N-ethyl adjacent to an activating group) is 1. The van der Waals surface area contributed by atoms with E-state index in [-0.39, 0.29) is 0 Å². The van der Waals surface area contributed by atoms with Crippen molar-refractivity contribution in [3.05, 3.63) is 162 Å². The molecule has 0 radical (unpaired) electrons. The van der Waals surface area contributed by atoms with Crippen molar-refractivity contribution in [1.82, 2.24) is 19.9 Å². The number of aromatic nitrogens is 3.